The third-order valence-corrected chi connectivity index (χ3v) is 7.08. The van der Waals surface area contributed by atoms with Crippen molar-refractivity contribution in [1.29, 1.82) is 0 Å². The molecule has 1 amide bonds. The molecule has 0 N–H and O–H groups in total. The molecule has 8 heteroatoms. The number of benzene rings is 2. The fraction of sp³-hybridized carbons (Fsp3) is 0.417. The Kier molecular flexibility index (Phi) is 10.8. The van der Waals surface area contributed by atoms with Crippen LogP contribution in [0.4, 0.5) is 5.13 Å². The number of thioether (sulfide) groups is 1. The highest BCUT2D eigenvalue weighted by molar-refractivity contribution is 7.99. The van der Waals surface area contributed by atoms with Gasteiger partial charge in [-0.2, -0.15) is 0 Å². The quantitative estimate of drug-likeness (QED) is 0.246. The maximum absolute atomic E-state index is 13.1. The van der Waals surface area contributed by atoms with Gasteiger partial charge in [-0.15, -0.1) is 24.2 Å². The second-order valence-electron chi connectivity index (χ2n) is 7.77. The number of rotatable bonds is 11. The van der Waals surface area contributed by atoms with Gasteiger partial charge in [-0.25, -0.2) is 4.98 Å². The van der Waals surface area contributed by atoms with Crippen LogP contribution in [-0.2, 0) is 4.79 Å². The number of aryl methyl sites for hydroxylation is 1. The summed E-state index contributed by atoms with van der Waals surface area (Å²) in [5, 5.41) is 0.759. The number of para-hydroxylation sites is 1. The lowest BCUT2D eigenvalue weighted by molar-refractivity contribution is -0.118. The predicted molar refractivity (Wildman–Crippen MR) is 140 cm³/mol. The molecule has 0 aliphatic rings. The molecule has 3 aromatic rings. The maximum Gasteiger partial charge on any atom is 0.228 e. The lowest BCUT2D eigenvalue weighted by Gasteiger charge is -2.21. The van der Waals surface area contributed by atoms with Crippen LogP contribution >= 0.6 is 35.5 Å². The summed E-state index contributed by atoms with van der Waals surface area (Å²) in [7, 11) is 5.76. The number of fused-ring (bicyclic) bond motifs is 1. The zero-order valence-corrected chi connectivity index (χ0v) is 21.6. The summed E-state index contributed by atoms with van der Waals surface area (Å²) in [6.45, 7) is 3.70. The topological polar surface area (TPSA) is 45.7 Å². The summed E-state index contributed by atoms with van der Waals surface area (Å²) in [4.78, 5) is 23.2. The van der Waals surface area contributed by atoms with Crippen LogP contribution in [0.1, 0.15) is 24.8 Å². The lowest BCUT2D eigenvalue weighted by atomic mass is 10.2. The van der Waals surface area contributed by atoms with Crippen molar-refractivity contribution in [3.8, 4) is 5.75 Å². The number of aromatic nitrogens is 1. The summed E-state index contributed by atoms with van der Waals surface area (Å²) in [5.74, 6) is 1.81. The van der Waals surface area contributed by atoms with Crippen LogP contribution in [0.25, 0.3) is 10.2 Å². The van der Waals surface area contributed by atoms with Gasteiger partial charge < -0.3 is 9.64 Å². The fourth-order valence-corrected chi connectivity index (χ4v) is 5.13. The molecule has 0 atom stereocenters. The molecule has 1 aromatic heterocycles. The zero-order valence-electron chi connectivity index (χ0n) is 19.2. The first-order valence-corrected chi connectivity index (χ1v) is 12.4. The number of halogens is 1. The van der Waals surface area contributed by atoms with Gasteiger partial charge in [-0.05, 0) is 70.4 Å². The molecule has 0 fully saturated rings. The van der Waals surface area contributed by atoms with Gasteiger partial charge in [0.05, 0.1) is 11.8 Å². The third-order valence-electron chi connectivity index (χ3n) is 4.93. The van der Waals surface area contributed by atoms with Gasteiger partial charge in [-0.3, -0.25) is 9.69 Å². The number of carbonyl (C=O) groups is 1. The molecule has 0 aliphatic heterocycles. The van der Waals surface area contributed by atoms with E-state index < -0.39 is 0 Å². The van der Waals surface area contributed by atoms with Crippen molar-refractivity contribution in [2.75, 3.05) is 44.9 Å². The number of carbonyl (C=O) groups excluding carboxylic acids is 1. The van der Waals surface area contributed by atoms with Gasteiger partial charge in [0.2, 0.25) is 5.91 Å². The molecule has 2 aromatic carbocycles. The van der Waals surface area contributed by atoms with Crippen LogP contribution in [0.3, 0.4) is 0 Å². The van der Waals surface area contributed by atoms with E-state index in [1.165, 1.54) is 10.5 Å². The van der Waals surface area contributed by atoms with Gasteiger partial charge in [0.15, 0.2) is 5.13 Å². The number of thiazole rings is 1. The minimum absolute atomic E-state index is 0. The average molecular weight is 494 g/mol. The molecule has 0 aliphatic carbocycles. The number of anilines is 1. The van der Waals surface area contributed by atoms with E-state index in [4.69, 9.17) is 9.72 Å². The molecule has 5 nitrogen and oxygen atoms in total. The Labute approximate surface area is 205 Å². The zero-order chi connectivity index (χ0) is 22.2. The molecule has 3 rings (SSSR count). The first kappa shape index (κ1) is 26.5. The fourth-order valence-electron chi connectivity index (χ4n) is 3.25. The van der Waals surface area contributed by atoms with Crippen molar-refractivity contribution in [2.45, 2.75) is 31.1 Å². The summed E-state index contributed by atoms with van der Waals surface area (Å²) in [5.41, 5.74) is 2.09. The highest BCUT2D eigenvalue weighted by Gasteiger charge is 2.20. The molecular formula is C24H32ClN3O2S2. The Morgan fingerprint density at radius 2 is 1.84 bits per heavy atom. The molecule has 0 bridgehead atoms. The van der Waals surface area contributed by atoms with E-state index in [0.717, 1.165) is 46.2 Å². The average Bonchev–Trinajstić information content (AvgIpc) is 3.19. The van der Waals surface area contributed by atoms with Crippen LogP contribution in [0.2, 0.25) is 0 Å². The van der Waals surface area contributed by atoms with E-state index in [-0.39, 0.29) is 18.3 Å². The monoisotopic (exact) mass is 493 g/mol. The van der Waals surface area contributed by atoms with Gasteiger partial charge in [-0.1, -0.05) is 35.1 Å². The van der Waals surface area contributed by atoms with Gasteiger partial charge in [0.1, 0.15) is 11.3 Å². The normalized spacial score (nSPS) is 10.9. The number of ether oxygens (including phenoxy) is 1. The Balaban J connectivity index is 0.00000363. The highest BCUT2D eigenvalue weighted by atomic mass is 35.5. The Morgan fingerprint density at radius 3 is 2.53 bits per heavy atom. The van der Waals surface area contributed by atoms with Crippen molar-refractivity contribution in [3.05, 3.63) is 48.0 Å². The third kappa shape index (κ3) is 7.37. The van der Waals surface area contributed by atoms with E-state index in [1.807, 2.05) is 23.1 Å². The molecular weight excluding hydrogens is 462 g/mol. The Bertz CT molecular complexity index is 993. The maximum atomic E-state index is 13.1. The molecule has 0 radical (unpaired) electrons. The second kappa shape index (κ2) is 13.0. The summed E-state index contributed by atoms with van der Waals surface area (Å²) >= 11 is 3.36. The van der Waals surface area contributed by atoms with E-state index in [2.05, 4.69) is 50.2 Å². The second-order valence-corrected chi connectivity index (χ2v) is 9.95. The standard InChI is InChI=1S/C24H31N3O2S2.ClH/c1-18-11-13-19(14-12-18)30-17-6-10-22(28)27(16-7-15-26(2)3)24-25-23-20(29-4)8-5-9-21(23)31-24;/h5,8-9,11-14H,6-7,10,15-17H2,1-4H3;1H. The van der Waals surface area contributed by atoms with Crippen LogP contribution in [-0.4, -0.2) is 55.8 Å². The van der Waals surface area contributed by atoms with Crippen molar-refractivity contribution in [3.63, 3.8) is 0 Å². The number of methoxy groups -OCH3 is 1. The minimum atomic E-state index is 0. The highest BCUT2D eigenvalue weighted by Crippen LogP contribution is 2.34. The van der Waals surface area contributed by atoms with Crippen LogP contribution < -0.4 is 9.64 Å². The summed E-state index contributed by atoms with van der Waals surface area (Å²) in [6.07, 6.45) is 2.27. The van der Waals surface area contributed by atoms with Crippen LogP contribution in [0.5, 0.6) is 5.75 Å². The van der Waals surface area contributed by atoms with E-state index >= 15 is 0 Å². The molecule has 32 heavy (non-hydrogen) atoms. The summed E-state index contributed by atoms with van der Waals surface area (Å²) < 4.78 is 6.49. The van der Waals surface area contributed by atoms with Crippen molar-refractivity contribution in [1.82, 2.24) is 9.88 Å². The minimum Gasteiger partial charge on any atom is -0.494 e. The van der Waals surface area contributed by atoms with Crippen molar-refractivity contribution in [2.24, 2.45) is 0 Å². The predicted octanol–water partition coefficient (Wildman–Crippen LogP) is 5.89. The lowest BCUT2D eigenvalue weighted by Crippen LogP contribution is -2.33. The number of nitrogens with zero attached hydrogens (tertiary/aromatic N) is 3. The van der Waals surface area contributed by atoms with E-state index in [1.54, 1.807) is 30.2 Å². The Hall–Kier alpha value is -1.80. The molecule has 1 heterocycles. The first-order valence-electron chi connectivity index (χ1n) is 10.6. The van der Waals surface area contributed by atoms with Crippen LogP contribution in [0.15, 0.2) is 47.4 Å². The van der Waals surface area contributed by atoms with Crippen molar-refractivity contribution < 1.29 is 9.53 Å². The molecule has 0 saturated heterocycles. The molecule has 0 unspecified atom stereocenters. The number of hydrogen-bond acceptors (Lipinski definition) is 6. The van der Waals surface area contributed by atoms with Gasteiger partial charge in [0, 0.05) is 17.9 Å². The van der Waals surface area contributed by atoms with Crippen molar-refractivity contribution >= 4 is 56.8 Å². The van der Waals surface area contributed by atoms with E-state index in [0.29, 0.717) is 13.0 Å². The largest absolute Gasteiger partial charge is 0.494 e. The van der Waals surface area contributed by atoms with Crippen LogP contribution in [0, 0.1) is 6.92 Å². The molecule has 0 saturated carbocycles. The Morgan fingerprint density at radius 1 is 1.09 bits per heavy atom. The van der Waals surface area contributed by atoms with Gasteiger partial charge in [0.25, 0.3) is 0 Å². The molecule has 174 valence electrons. The first-order chi connectivity index (χ1) is 15.0. The van der Waals surface area contributed by atoms with E-state index in [9.17, 15) is 4.79 Å². The summed E-state index contributed by atoms with van der Waals surface area (Å²) in [6, 6.07) is 14.4. The SMILES string of the molecule is COc1cccc2sc(N(CCCN(C)C)C(=O)CCCSc3ccc(C)cc3)nc12.Cl. The van der Waals surface area contributed by atoms with Gasteiger partial charge >= 0.3 is 0 Å². The number of hydrogen-bond donors (Lipinski definition) is 0. The molecule has 0 spiro atoms. The number of amides is 1. The smallest absolute Gasteiger partial charge is 0.228 e.